The van der Waals surface area contributed by atoms with Crippen molar-refractivity contribution in [3.63, 3.8) is 0 Å². The zero-order valence-corrected chi connectivity index (χ0v) is 10.2. The number of aromatic nitrogens is 3. The van der Waals surface area contributed by atoms with Crippen molar-refractivity contribution < 1.29 is 5.11 Å². The molecule has 0 aliphatic carbocycles. The number of nitrogens with zero attached hydrogens (tertiary/aromatic N) is 3. The Morgan fingerprint density at radius 1 is 1.35 bits per heavy atom. The van der Waals surface area contributed by atoms with Crippen LogP contribution < -0.4 is 5.32 Å². The number of aliphatic hydroxyl groups excluding tert-OH is 1. The van der Waals surface area contributed by atoms with E-state index in [9.17, 15) is 5.11 Å². The molecule has 0 atom stereocenters. The molecule has 0 spiro atoms. The van der Waals surface area contributed by atoms with E-state index in [1.165, 1.54) is 0 Å². The second kappa shape index (κ2) is 4.71. The van der Waals surface area contributed by atoms with Gasteiger partial charge in [-0.2, -0.15) is 4.98 Å². The van der Waals surface area contributed by atoms with Gasteiger partial charge in [0.05, 0.1) is 12.1 Å². The highest BCUT2D eigenvalue weighted by Gasteiger charge is 2.26. The highest BCUT2D eigenvalue weighted by atomic mass is 16.3. The van der Waals surface area contributed by atoms with Gasteiger partial charge in [-0.25, -0.2) is 4.52 Å². The number of aliphatic hydroxyl groups is 1. The summed E-state index contributed by atoms with van der Waals surface area (Å²) in [7, 11) is 0. The van der Waals surface area contributed by atoms with Crippen molar-refractivity contribution in [3.05, 3.63) is 24.4 Å². The van der Waals surface area contributed by atoms with E-state index in [-0.39, 0.29) is 12.1 Å². The zero-order valence-electron chi connectivity index (χ0n) is 10.2. The van der Waals surface area contributed by atoms with Gasteiger partial charge in [0.25, 0.3) is 0 Å². The van der Waals surface area contributed by atoms with Crippen LogP contribution in [0, 0.1) is 0 Å². The first-order chi connectivity index (χ1) is 8.23. The molecule has 5 heteroatoms. The molecule has 0 aromatic carbocycles. The Labute approximate surface area is 100 Å². The number of nitrogens with one attached hydrogen (secondary N) is 1. The Hall–Kier alpha value is -1.62. The summed E-state index contributed by atoms with van der Waals surface area (Å²) in [5.74, 6) is 0.564. The van der Waals surface area contributed by atoms with Crippen LogP contribution in [0.4, 0.5) is 5.95 Å². The predicted octanol–water partition coefficient (Wildman–Crippen LogP) is 1.69. The van der Waals surface area contributed by atoms with E-state index in [0.29, 0.717) is 5.95 Å². The lowest BCUT2D eigenvalue weighted by Gasteiger charge is -2.29. The van der Waals surface area contributed by atoms with Crippen LogP contribution in [0.1, 0.15) is 26.7 Å². The van der Waals surface area contributed by atoms with Crippen LogP contribution in [0.25, 0.3) is 5.65 Å². The van der Waals surface area contributed by atoms with Gasteiger partial charge in [-0.3, -0.25) is 0 Å². The lowest BCUT2D eigenvalue weighted by atomic mass is 9.94. The molecule has 2 aromatic rings. The molecular formula is C12H18N4O. The molecule has 0 bridgehead atoms. The van der Waals surface area contributed by atoms with Crippen LogP contribution in [0.2, 0.25) is 0 Å². The van der Waals surface area contributed by atoms with E-state index in [1.807, 2.05) is 38.2 Å². The lowest BCUT2D eigenvalue weighted by Crippen LogP contribution is -2.41. The molecule has 0 aliphatic heterocycles. The van der Waals surface area contributed by atoms with E-state index >= 15 is 0 Å². The van der Waals surface area contributed by atoms with Crippen molar-refractivity contribution in [2.45, 2.75) is 32.2 Å². The summed E-state index contributed by atoms with van der Waals surface area (Å²) in [5, 5.41) is 17.1. The molecule has 2 rings (SSSR count). The standard InChI is InChI=1S/C12H18N4O/c1-3-12(4-2,9-17)14-11-13-10-7-5-6-8-16(10)15-11/h5-8,17H,3-4,9H2,1-2H3,(H,14,15). The van der Waals surface area contributed by atoms with Crippen molar-refractivity contribution in [1.29, 1.82) is 0 Å². The van der Waals surface area contributed by atoms with Gasteiger partial charge in [-0.1, -0.05) is 19.9 Å². The minimum absolute atomic E-state index is 0.0789. The molecule has 2 aromatic heterocycles. The van der Waals surface area contributed by atoms with Crippen molar-refractivity contribution in [2.75, 3.05) is 11.9 Å². The number of rotatable bonds is 5. The maximum Gasteiger partial charge on any atom is 0.243 e. The first-order valence-electron chi connectivity index (χ1n) is 5.93. The van der Waals surface area contributed by atoms with Crippen molar-refractivity contribution >= 4 is 11.6 Å². The Morgan fingerprint density at radius 3 is 2.71 bits per heavy atom. The van der Waals surface area contributed by atoms with Gasteiger partial charge in [0.2, 0.25) is 5.95 Å². The molecule has 0 unspecified atom stereocenters. The van der Waals surface area contributed by atoms with E-state index in [4.69, 9.17) is 0 Å². The predicted molar refractivity (Wildman–Crippen MR) is 67.0 cm³/mol. The van der Waals surface area contributed by atoms with E-state index in [2.05, 4.69) is 15.4 Å². The van der Waals surface area contributed by atoms with Crippen LogP contribution in [0.3, 0.4) is 0 Å². The van der Waals surface area contributed by atoms with Crippen LogP contribution in [-0.2, 0) is 0 Å². The van der Waals surface area contributed by atoms with Crippen molar-refractivity contribution in [3.8, 4) is 0 Å². The minimum Gasteiger partial charge on any atom is -0.394 e. The van der Waals surface area contributed by atoms with E-state index in [0.717, 1.165) is 18.5 Å². The first-order valence-corrected chi connectivity index (χ1v) is 5.93. The fraction of sp³-hybridized carbons (Fsp3) is 0.500. The Kier molecular flexibility index (Phi) is 3.28. The number of hydrogen-bond donors (Lipinski definition) is 2. The first kappa shape index (κ1) is 11.9. The Morgan fingerprint density at radius 2 is 2.12 bits per heavy atom. The SMILES string of the molecule is CCC(CC)(CO)Nc1nc2ccccn2n1. The second-order valence-corrected chi connectivity index (χ2v) is 4.21. The molecule has 0 fully saturated rings. The summed E-state index contributed by atoms with van der Waals surface area (Å²) in [6.07, 6.45) is 3.51. The fourth-order valence-corrected chi connectivity index (χ4v) is 1.81. The summed E-state index contributed by atoms with van der Waals surface area (Å²) in [6, 6.07) is 5.73. The van der Waals surface area contributed by atoms with Crippen LogP contribution >= 0.6 is 0 Å². The highest BCUT2D eigenvalue weighted by molar-refractivity contribution is 5.44. The number of fused-ring (bicyclic) bond motifs is 1. The summed E-state index contributed by atoms with van der Waals surface area (Å²) in [4.78, 5) is 4.37. The highest BCUT2D eigenvalue weighted by Crippen LogP contribution is 2.19. The van der Waals surface area contributed by atoms with E-state index in [1.54, 1.807) is 4.52 Å². The molecule has 0 saturated carbocycles. The number of hydrogen-bond acceptors (Lipinski definition) is 4. The third-order valence-electron chi connectivity index (χ3n) is 3.27. The summed E-state index contributed by atoms with van der Waals surface area (Å²) < 4.78 is 1.72. The van der Waals surface area contributed by atoms with Gasteiger partial charge in [-0.05, 0) is 25.0 Å². The normalized spacial score (nSPS) is 11.9. The molecule has 2 N–H and O–H groups in total. The second-order valence-electron chi connectivity index (χ2n) is 4.21. The Balaban J connectivity index is 2.28. The largest absolute Gasteiger partial charge is 0.394 e. The van der Waals surface area contributed by atoms with Gasteiger partial charge >= 0.3 is 0 Å². The van der Waals surface area contributed by atoms with Gasteiger partial charge in [0.1, 0.15) is 0 Å². The van der Waals surface area contributed by atoms with Gasteiger partial charge in [0, 0.05) is 6.20 Å². The van der Waals surface area contributed by atoms with Crippen molar-refractivity contribution in [2.24, 2.45) is 0 Å². The third-order valence-corrected chi connectivity index (χ3v) is 3.27. The van der Waals surface area contributed by atoms with E-state index < -0.39 is 0 Å². The molecule has 0 amide bonds. The summed E-state index contributed by atoms with van der Waals surface area (Å²) in [6.45, 7) is 4.17. The molecule has 0 saturated heterocycles. The maximum absolute atomic E-state index is 9.49. The maximum atomic E-state index is 9.49. The molecule has 2 heterocycles. The Bertz CT molecular complexity index is 449. The quantitative estimate of drug-likeness (QED) is 0.826. The van der Waals surface area contributed by atoms with Gasteiger partial charge < -0.3 is 10.4 Å². The fourth-order valence-electron chi connectivity index (χ4n) is 1.81. The lowest BCUT2D eigenvalue weighted by molar-refractivity contribution is 0.201. The average molecular weight is 234 g/mol. The monoisotopic (exact) mass is 234 g/mol. The van der Waals surface area contributed by atoms with Crippen LogP contribution in [-0.4, -0.2) is 31.9 Å². The smallest absolute Gasteiger partial charge is 0.243 e. The molecule has 0 aliphatic rings. The van der Waals surface area contributed by atoms with Crippen LogP contribution in [0.15, 0.2) is 24.4 Å². The average Bonchev–Trinajstić information content (AvgIpc) is 2.78. The third kappa shape index (κ3) is 2.24. The number of anilines is 1. The molecule has 17 heavy (non-hydrogen) atoms. The van der Waals surface area contributed by atoms with Crippen LogP contribution in [0.5, 0.6) is 0 Å². The molecule has 0 radical (unpaired) electrons. The topological polar surface area (TPSA) is 62.5 Å². The summed E-state index contributed by atoms with van der Waals surface area (Å²) >= 11 is 0. The zero-order chi connectivity index (χ0) is 12.3. The molecular weight excluding hydrogens is 216 g/mol. The van der Waals surface area contributed by atoms with Gasteiger partial charge in [0.15, 0.2) is 5.65 Å². The summed E-state index contributed by atoms with van der Waals surface area (Å²) in [5.41, 5.74) is 0.472. The van der Waals surface area contributed by atoms with Crippen molar-refractivity contribution in [1.82, 2.24) is 14.6 Å². The van der Waals surface area contributed by atoms with Gasteiger partial charge in [-0.15, -0.1) is 5.10 Å². The molecule has 5 nitrogen and oxygen atoms in total. The minimum atomic E-state index is -0.328. The number of pyridine rings is 1. The molecule has 92 valence electrons.